The fourth-order valence-corrected chi connectivity index (χ4v) is 7.14. The molecule has 4 aliphatic rings. The first-order valence-electron chi connectivity index (χ1n) is 15.2. The van der Waals surface area contributed by atoms with Crippen LogP contribution in [0, 0.1) is 18.8 Å². The van der Waals surface area contributed by atoms with Crippen molar-refractivity contribution in [2.24, 2.45) is 11.8 Å². The Morgan fingerprint density at radius 3 is 2.65 bits per heavy atom. The largest absolute Gasteiger partial charge is 0.460 e. The third-order valence-corrected chi connectivity index (χ3v) is 9.10. The van der Waals surface area contributed by atoms with Crippen LogP contribution >= 0.6 is 11.6 Å². The number of unbranched alkanes of at least 4 members (excludes halogenated alkanes) is 3. The van der Waals surface area contributed by atoms with Crippen molar-refractivity contribution in [2.45, 2.75) is 76.2 Å². The average molecular weight is 614 g/mol. The molecule has 0 radical (unpaired) electrons. The fraction of sp³-hybridized carbons (Fsp3) is 0.562. The molecule has 1 aromatic carbocycles. The van der Waals surface area contributed by atoms with E-state index in [2.05, 4.69) is 5.32 Å². The Morgan fingerprint density at radius 1 is 1.09 bits per heavy atom. The maximum absolute atomic E-state index is 14.6. The van der Waals surface area contributed by atoms with Gasteiger partial charge in [-0.05, 0) is 44.7 Å². The maximum atomic E-state index is 14.6. The van der Waals surface area contributed by atoms with Gasteiger partial charge in [0.05, 0.1) is 29.3 Å². The third kappa shape index (κ3) is 5.97. The Labute approximate surface area is 257 Å². The van der Waals surface area contributed by atoms with E-state index >= 15 is 0 Å². The van der Waals surface area contributed by atoms with E-state index in [9.17, 15) is 24.3 Å². The highest BCUT2D eigenvalue weighted by molar-refractivity contribution is 6.34. The molecule has 43 heavy (non-hydrogen) atoms. The van der Waals surface area contributed by atoms with Crippen LogP contribution in [0.25, 0.3) is 0 Å². The van der Waals surface area contributed by atoms with Crippen molar-refractivity contribution in [3.63, 3.8) is 0 Å². The number of nitrogens with one attached hydrogen (secondary N) is 1. The molecule has 6 atom stereocenters. The molecule has 4 heterocycles. The maximum Gasteiger partial charge on any atom is 0.313 e. The summed E-state index contributed by atoms with van der Waals surface area (Å²) >= 11 is 6.62. The molecule has 11 heteroatoms. The Balaban J connectivity index is 1.56. The minimum atomic E-state index is -1.40. The topological polar surface area (TPSA) is 125 Å². The van der Waals surface area contributed by atoms with E-state index in [1.165, 1.54) is 0 Å². The number of likely N-dealkylation sites (tertiary alicyclic amines) is 1. The number of aryl methyl sites for hydroxylation is 1. The first kappa shape index (κ1) is 31.2. The van der Waals surface area contributed by atoms with Gasteiger partial charge in [0.25, 0.3) is 5.91 Å². The predicted molar refractivity (Wildman–Crippen MR) is 160 cm³/mol. The number of aliphatic hydroxyl groups excluding tert-OH is 1. The van der Waals surface area contributed by atoms with E-state index in [0.29, 0.717) is 36.5 Å². The number of carbonyl (C=O) groups excluding carboxylic acids is 4. The summed E-state index contributed by atoms with van der Waals surface area (Å²) in [6, 6.07) is 4.41. The first-order chi connectivity index (χ1) is 20.7. The molecule has 0 aliphatic carbocycles. The lowest BCUT2D eigenvalue weighted by atomic mass is 9.78. The van der Waals surface area contributed by atoms with Crippen LogP contribution in [0.2, 0.25) is 5.02 Å². The normalized spacial score (nSPS) is 31.8. The van der Waals surface area contributed by atoms with Gasteiger partial charge in [-0.3, -0.25) is 19.2 Å². The third-order valence-electron chi connectivity index (χ3n) is 8.80. The van der Waals surface area contributed by atoms with Gasteiger partial charge >= 0.3 is 5.97 Å². The molecule has 0 unspecified atom stereocenters. The lowest BCUT2D eigenvalue weighted by Gasteiger charge is -2.36. The summed E-state index contributed by atoms with van der Waals surface area (Å²) in [4.78, 5) is 58.1. The second-order valence-electron chi connectivity index (χ2n) is 11.8. The van der Waals surface area contributed by atoms with Crippen LogP contribution in [0.1, 0.15) is 51.0 Å². The number of cyclic esters (lactones) is 1. The molecule has 0 bridgehead atoms. The Bertz CT molecular complexity index is 1300. The highest BCUT2D eigenvalue weighted by Gasteiger charge is 2.71. The Hall–Kier alpha value is -3.21. The van der Waals surface area contributed by atoms with Gasteiger partial charge in [-0.1, -0.05) is 60.9 Å². The van der Waals surface area contributed by atoms with Crippen molar-refractivity contribution in [1.82, 2.24) is 10.2 Å². The van der Waals surface area contributed by atoms with E-state index in [4.69, 9.17) is 21.1 Å². The van der Waals surface area contributed by atoms with Crippen LogP contribution in [0.5, 0.6) is 0 Å². The average Bonchev–Trinajstić information content (AvgIpc) is 3.35. The summed E-state index contributed by atoms with van der Waals surface area (Å²) in [5.41, 5.74) is -0.0114. The molecule has 1 spiro atoms. The van der Waals surface area contributed by atoms with Crippen LogP contribution in [-0.2, 0) is 28.7 Å². The van der Waals surface area contributed by atoms with Crippen molar-refractivity contribution in [3.8, 4) is 0 Å². The van der Waals surface area contributed by atoms with Crippen LogP contribution in [0.3, 0.4) is 0 Å². The summed E-state index contributed by atoms with van der Waals surface area (Å²) in [5, 5.41) is 12.4. The fourth-order valence-electron chi connectivity index (χ4n) is 6.82. The Morgan fingerprint density at radius 2 is 1.88 bits per heavy atom. The van der Waals surface area contributed by atoms with Gasteiger partial charge in [0, 0.05) is 26.1 Å². The zero-order valence-electron chi connectivity index (χ0n) is 24.7. The number of hydrogen-bond donors (Lipinski definition) is 2. The lowest BCUT2D eigenvalue weighted by molar-refractivity contribution is -0.158. The van der Waals surface area contributed by atoms with Gasteiger partial charge in [0.1, 0.15) is 23.7 Å². The molecule has 5 rings (SSSR count). The van der Waals surface area contributed by atoms with E-state index in [0.717, 1.165) is 18.4 Å². The lowest BCUT2D eigenvalue weighted by Crippen LogP contribution is -2.55. The molecule has 4 aliphatic heterocycles. The number of halogens is 1. The summed E-state index contributed by atoms with van der Waals surface area (Å²) in [6.45, 7) is 4.35. The number of amides is 3. The van der Waals surface area contributed by atoms with Crippen molar-refractivity contribution < 1.29 is 33.8 Å². The molecule has 2 saturated heterocycles. The Kier molecular flexibility index (Phi) is 9.58. The number of ether oxygens (including phenoxy) is 2. The molecular weight excluding hydrogens is 574 g/mol. The number of rotatable bonds is 7. The highest BCUT2D eigenvalue weighted by Crippen LogP contribution is 2.53. The van der Waals surface area contributed by atoms with Crippen LogP contribution in [0.4, 0.5) is 5.69 Å². The van der Waals surface area contributed by atoms with E-state index in [1.807, 2.05) is 25.1 Å². The minimum absolute atomic E-state index is 0.0977. The zero-order valence-corrected chi connectivity index (χ0v) is 25.4. The van der Waals surface area contributed by atoms with Gasteiger partial charge in [-0.25, -0.2) is 0 Å². The van der Waals surface area contributed by atoms with Crippen molar-refractivity contribution in [3.05, 3.63) is 53.1 Å². The molecule has 0 aromatic heterocycles. The number of aliphatic hydroxyl groups is 1. The second-order valence-corrected chi connectivity index (χ2v) is 12.2. The molecule has 1 aromatic rings. The van der Waals surface area contributed by atoms with E-state index in [1.54, 1.807) is 41.0 Å². The number of nitrogens with zero attached hydrogens (tertiary/aromatic N) is 2. The summed E-state index contributed by atoms with van der Waals surface area (Å²) in [5.74, 6) is -3.35. The SMILES string of the molecule is Cc1cccc(Cl)c1N1CC=C[C@@]23O[C@H]4/C=C\CCC(=O)NC[C@H](C)OC(=O)[C@H]4[C@@H]2C(=O)N(CCCCCCO)[C@H]3C1=O. The number of anilines is 1. The predicted octanol–water partition coefficient (Wildman–Crippen LogP) is 3.08. The van der Waals surface area contributed by atoms with Crippen molar-refractivity contribution >= 4 is 41.0 Å². The summed E-state index contributed by atoms with van der Waals surface area (Å²) in [6.07, 6.45) is 9.23. The van der Waals surface area contributed by atoms with Gasteiger partial charge in [-0.15, -0.1) is 0 Å². The molecule has 232 valence electrons. The van der Waals surface area contributed by atoms with E-state index < -0.39 is 41.7 Å². The minimum Gasteiger partial charge on any atom is -0.460 e. The number of para-hydroxylation sites is 1. The van der Waals surface area contributed by atoms with Gasteiger partial charge in [0.2, 0.25) is 11.8 Å². The molecule has 0 saturated carbocycles. The molecular formula is C32H40ClN3O7. The smallest absolute Gasteiger partial charge is 0.313 e. The summed E-state index contributed by atoms with van der Waals surface area (Å²) in [7, 11) is 0. The van der Waals surface area contributed by atoms with Gasteiger partial charge in [0.15, 0.2) is 0 Å². The number of allylic oxidation sites excluding steroid dienone is 1. The molecule has 2 fully saturated rings. The number of hydrogen-bond acceptors (Lipinski definition) is 7. The molecule has 2 N–H and O–H groups in total. The highest BCUT2D eigenvalue weighted by atomic mass is 35.5. The van der Waals surface area contributed by atoms with E-state index in [-0.39, 0.29) is 43.8 Å². The number of benzene rings is 1. The summed E-state index contributed by atoms with van der Waals surface area (Å²) < 4.78 is 12.5. The van der Waals surface area contributed by atoms with Crippen LogP contribution in [0.15, 0.2) is 42.5 Å². The monoisotopic (exact) mass is 613 g/mol. The van der Waals surface area contributed by atoms with Crippen molar-refractivity contribution in [2.75, 3.05) is 31.1 Å². The second kappa shape index (κ2) is 13.2. The van der Waals surface area contributed by atoms with Crippen molar-refractivity contribution in [1.29, 1.82) is 0 Å². The quantitative estimate of drug-likeness (QED) is 0.275. The molecule has 3 amide bonds. The van der Waals surface area contributed by atoms with Gasteiger partial charge in [-0.2, -0.15) is 0 Å². The zero-order chi connectivity index (χ0) is 30.7. The standard InChI is InChI=1S/C32H40ClN3O7/c1-20-11-9-12-22(33)27(20)35-17-10-15-32-26(29(39)36(28(32)30(35)40)16-7-3-4-8-18-37)25-23(43-32)13-5-6-14-24(38)34-19-21(2)42-31(25)41/h5,9-13,15,21,23,25-26,28,37H,3-4,6-8,14,16-19H2,1-2H3,(H,34,38)/b13-5-/t21-,23-,25+,26+,28-,32+/m0/s1. The number of carbonyl (C=O) groups is 4. The first-order valence-corrected chi connectivity index (χ1v) is 15.5. The van der Waals surface area contributed by atoms with Gasteiger partial charge < -0.3 is 29.7 Å². The van der Waals surface area contributed by atoms with Crippen LogP contribution < -0.4 is 10.2 Å². The van der Waals surface area contributed by atoms with Crippen LogP contribution in [-0.4, -0.2) is 83.8 Å². The molecule has 10 nitrogen and oxygen atoms in total. The number of esters is 1. The number of fused-ring (bicyclic) bond motifs is 2.